The summed E-state index contributed by atoms with van der Waals surface area (Å²) in [6.07, 6.45) is 0.967. The van der Waals surface area contributed by atoms with Crippen molar-refractivity contribution >= 4 is 27.4 Å². The maximum Gasteiger partial charge on any atom is 0.326 e. The molecule has 1 unspecified atom stereocenters. The lowest BCUT2D eigenvalue weighted by molar-refractivity contribution is -0.384. The minimum atomic E-state index is -4.07. The zero-order valence-corrected chi connectivity index (χ0v) is 11.6. The van der Waals surface area contributed by atoms with Crippen molar-refractivity contribution in [3.05, 3.63) is 28.3 Å². The Morgan fingerprint density at radius 3 is 2.67 bits per heavy atom. The summed E-state index contributed by atoms with van der Waals surface area (Å²) < 4.78 is 22.5. The second-order valence-electron chi connectivity index (χ2n) is 4.64. The van der Waals surface area contributed by atoms with Crippen LogP contribution in [0.3, 0.4) is 0 Å². The fourth-order valence-corrected chi connectivity index (χ4v) is 2.91. The number of hydrogen-bond donors (Lipinski definition) is 2. The molecule has 0 spiro atoms. The van der Waals surface area contributed by atoms with E-state index in [1.807, 2.05) is 0 Å². The second kappa shape index (κ2) is 5.30. The van der Waals surface area contributed by atoms with Gasteiger partial charge in [-0.1, -0.05) is 0 Å². The van der Waals surface area contributed by atoms with Crippen LogP contribution in [0.5, 0.6) is 0 Å². The summed E-state index contributed by atoms with van der Waals surface area (Å²) in [5.74, 6) is -1.07. The van der Waals surface area contributed by atoms with Crippen LogP contribution in [0.25, 0.3) is 0 Å². The monoisotopic (exact) mass is 315 g/mol. The van der Waals surface area contributed by atoms with Crippen molar-refractivity contribution in [2.75, 3.05) is 11.4 Å². The molecule has 2 rings (SSSR count). The molecule has 114 valence electrons. The van der Waals surface area contributed by atoms with Gasteiger partial charge >= 0.3 is 5.97 Å². The average molecular weight is 315 g/mol. The quantitative estimate of drug-likeness (QED) is 0.600. The minimum absolute atomic E-state index is 0.0808. The highest BCUT2D eigenvalue weighted by molar-refractivity contribution is 7.89. The summed E-state index contributed by atoms with van der Waals surface area (Å²) in [7, 11) is -4.07. The molecule has 1 saturated heterocycles. The predicted octanol–water partition coefficient (Wildman–Crippen LogP) is 0.296. The summed E-state index contributed by atoms with van der Waals surface area (Å²) in [5, 5.41) is 25.2. The molecule has 1 aliphatic rings. The Morgan fingerprint density at radius 1 is 1.48 bits per heavy atom. The molecule has 0 aliphatic carbocycles. The van der Waals surface area contributed by atoms with Gasteiger partial charge < -0.3 is 10.0 Å². The highest BCUT2D eigenvalue weighted by Gasteiger charge is 2.34. The summed E-state index contributed by atoms with van der Waals surface area (Å²) in [5.41, 5.74) is -0.396. The first-order valence-corrected chi connectivity index (χ1v) is 7.57. The molecule has 0 radical (unpaired) electrons. The number of primary sulfonamides is 1. The number of nitro benzene ring substituents is 1. The highest BCUT2D eigenvalue weighted by Crippen LogP contribution is 2.35. The van der Waals surface area contributed by atoms with Crippen molar-refractivity contribution in [3.8, 4) is 0 Å². The van der Waals surface area contributed by atoms with E-state index in [0.29, 0.717) is 19.4 Å². The van der Waals surface area contributed by atoms with Crippen LogP contribution in [0.15, 0.2) is 23.1 Å². The number of nitrogens with zero attached hydrogens (tertiary/aromatic N) is 2. The lowest BCUT2D eigenvalue weighted by Gasteiger charge is -2.23. The summed E-state index contributed by atoms with van der Waals surface area (Å²) >= 11 is 0. The van der Waals surface area contributed by atoms with Crippen molar-refractivity contribution in [1.29, 1.82) is 0 Å². The van der Waals surface area contributed by atoms with E-state index in [9.17, 15) is 23.3 Å². The van der Waals surface area contributed by atoms with E-state index in [1.54, 1.807) is 0 Å². The first-order chi connectivity index (χ1) is 9.71. The summed E-state index contributed by atoms with van der Waals surface area (Å²) in [6.45, 7) is 0.354. The van der Waals surface area contributed by atoms with Gasteiger partial charge in [0.15, 0.2) is 0 Å². The molecule has 9 nitrogen and oxygen atoms in total. The van der Waals surface area contributed by atoms with Crippen molar-refractivity contribution in [2.24, 2.45) is 5.14 Å². The molecule has 1 atom stereocenters. The number of benzene rings is 1. The standard InChI is InChI=1S/C11H13N3O6S/c12-21(19,20)7-3-4-8(10(6-7)14(17)18)13-5-1-2-9(13)11(15)16/h3-4,6,9H,1-2,5H2,(H,15,16)(H2,12,19,20). The van der Waals surface area contributed by atoms with Crippen LogP contribution in [0.1, 0.15) is 12.8 Å². The topological polar surface area (TPSA) is 144 Å². The van der Waals surface area contributed by atoms with Crippen LogP contribution in [0.2, 0.25) is 0 Å². The third kappa shape index (κ3) is 2.95. The van der Waals surface area contributed by atoms with Gasteiger partial charge in [0.2, 0.25) is 10.0 Å². The maximum absolute atomic E-state index is 11.3. The number of nitrogens with two attached hydrogens (primary N) is 1. The van der Waals surface area contributed by atoms with Crippen LogP contribution in [0, 0.1) is 10.1 Å². The van der Waals surface area contributed by atoms with Crippen LogP contribution < -0.4 is 10.0 Å². The molecule has 1 aliphatic heterocycles. The summed E-state index contributed by atoms with van der Waals surface area (Å²) in [4.78, 5) is 22.6. The SMILES string of the molecule is NS(=O)(=O)c1ccc(N2CCCC2C(=O)O)c([N+](=O)[O-])c1. The van der Waals surface area contributed by atoms with Crippen molar-refractivity contribution in [2.45, 2.75) is 23.8 Å². The minimum Gasteiger partial charge on any atom is -0.480 e. The molecular weight excluding hydrogens is 302 g/mol. The molecule has 1 aromatic carbocycles. The van der Waals surface area contributed by atoms with Crippen LogP contribution in [-0.4, -0.2) is 37.0 Å². The van der Waals surface area contributed by atoms with E-state index in [4.69, 9.17) is 10.2 Å². The van der Waals surface area contributed by atoms with E-state index >= 15 is 0 Å². The Balaban J connectivity index is 2.54. The van der Waals surface area contributed by atoms with E-state index in [2.05, 4.69) is 0 Å². The Bertz CT molecular complexity index is 702. The number of anilines is 1. The van der Waals surface area contributed by atoms with E-state index in [-0.39, 0.29) is 10.6 Å². The molecule has 3 N–H and O–H groups in total. The maximum atomic E-state index is 11.3. The molecule has 10 heteroatoms. The molecule has 1 fully saturated rings. The van der Waals surface area contributed by atoms with Gasteiger partial charge in [-0.2, -0.15) is 0 Å². The van der Waals surface area contributed by atoms with Gasteiger partial charge in [0.05, 0.1) is 9.82 Å². The van der Waals surface area contributed by atoms with Gasteiger partial charge in [0.25, 0.3) is 5.69 Å². The normalized spacial score (nSPS) is 18.7. The number of carboxylic acid groups (broad SMARTS) is 1. The van der Waals surface area contributed by atoms with Crippen LogP contribution in [-0.2, 0) is 14.8 Å². The van der Waals surface area contributed by atoms with E-state index < -0.39 is 32.6 Å². The molecule has 0 aromatic heterocycles. The fourth-order valence-electron chi connectivity index (χ4n) is 2.38. The molecule has 1 aromatic rings. The highest BCUT2D eigenvalue weighted by atomic mass is 32.2. The smallest absolute Gasteiger partial charge is 0.326 e. The zero-order valence-electron chi connectivity index (χ0n) is 10.8. The van der Waals surface area contributed by atoms with E-state index in [1.165, 1.54) is 11.0 Å². The lowest BCUT2D eigenvalue weighted by Crippen LogP contribution is -2.36. The summed E-state index contributed by atoms with van der Waals surface area (Å²) in [6, 6.07) is 2.35. The van der Waals surface area contributed by atoms with Gasteiger partial charge in [-0.3, -0.25) is 10.1 Å². The van der Waals surface area contributed by atoms with Crippen molar-refractivity contribution in [1.82, 2.24) is 0 Å². The van der Waals surface area contributed by atoms with Gasteiger partial charge in [-0.25, -0.2) is 18.4 Å². The third-order valence-corrected chi connectivity index (χ3v) is 4.23. The molecule has 0 amide bonds. The largest absolute Gasteiger partial charge is 0.480 e. The molecule has 21 heavy (non-hydrogen) atoms. The molecule has 0 saturated carbocycles. The van der Waals surface area contributed by atoms with E-state index in [0.717, 1.165) is 12.1 Å². The number of aliphatic carboxylic acids is 1. The third-order valence-electron chi connectivity index (χ3n) is 3.32. The number of sulfonamides is 1. The van der Waals surface area contributed by atoms with Gasteiger partial charge in [-0.05, 0) is 25.0 Å². The number of nitro groups is 1. The first kappa shape index (κ1) is 15.2. The zero-order chi connectivity index (χ0) is 15.8. The Morgan fingerprint density at radius 2 is 2.14 bits per heavy atom. The molecular formula is C11H13N3O6S. The second-order valence-corrected chi connectivity index (χ2v) is 6.20. The average Bonchev–Trinajstić information content (AvgIpc) is 2.85. The first-order valence-electron chi connectivity index (χ1n) is 6.02. The van der Waals surface area contributed by atoms with Crippen molar-refractivity contribution in [3.63, 3.8) is 0 Å². The lowest BCUT2D eigenvalue weighted by atomic mass is 10.2. The molecule has 1 heterocycles. The number of carboxylic acids is 1. The Labute approximate surface area is 120 Å². The van der Waals surface area contributed by atoms with Crippen molar-refractivity contribution < 1.29 is 23.2 Å². The molecule has 0 bridgehead atoms. The van der Waals surface area contributed by atoms with Gasteiger partial charge in [0, 0.05) is 12.6 Å². The fraction of sp³-hybridized carbons (Fsp3) is 0.364. The number of carbonyl (C=O) groups is 1. The number of rotatable bonds is 4. The van der Waals surface area contributed by atoms with Gasteiger partial charge in [0.1, 0.15) is 11.7 Å². The number of hydrogen-bond acceptors (Lipinski definition) is 6. The Hall–Kier alpha value is -2.20. The predicted molar refractivity (Wildman–Crippen MR) is 72.5 cm³/mol. The van der Waals surface area contributed by atoms with Crippen LogP contribution >= 0.6 is 0 Å². The Kier molecular flexibility index (Phi) is 3.83. The van der Waals surface area contributed by atoms with Crippen LogP contribution in [0.4, 0.5) is 11.4 Å². The van der Waals surface area contributed by atoms with Gasteiger partial charge in [-0.15, -0.1) is 0 Å².